The summed E-state index contributed by atoms with van der Waals surface area (Å²) < 4.78 is 16.5. The summed E-state index contributed by atoms with van der Waals surface area (Å²) in [7, 11) is 1.33. The zero-order valence-corrected chi connectivity index (χ0v) is 18.6. The van der Waals surface area contributed by atoms with Crippen molar-refractivity contribution in [1.29, 1.82) is 0 Å². The van der Waals surface area contributed by atoms with Crippen molar-refractivity contribution in [2.24, 2.45) is 0 Å². The van der Waals surface area contributed by atoms with E-state index >= 15 is 0 Å². The van der Waals surface area contributed by atoms with Crippen molar-refractivity contribution in [3.8, 4) is 0 Å². The second-order valence-corrected chi connectivity index (χ2v) is 9.85. The summed E-state index contributed by atoms with van der Waals surface area (Å²) in [5.41, 5.74) is 0. The van der Waals surface area contributed by atoms with Gasteiger partial charge >= 0.3 is 0 Å². The van der Waals surface area contributed by atoms with Crippen LogP contribution in [0.5, 0.6) is 0 Å². The number of phosphoric ester groups is 1. The lowest BCUT2D eigenvalue weighted by molar-refractivity contribution is -0.873. The van der Waals surface area contributed by atoms with Crippen LogP contribution in [0.3, 0.4) is 0 Å². The van der Waals surface area contributed by atoms with E-state index in [0.717, 1.165) is 12.8 Å². The summed E-state index contributed by atoms with van der Waals surface area (Å²) in [5.74, 6) is 0. The van der Waals surface area contributed by atoms with E-state index < -0.39 is 13.9 Å². The lowest BCUT2D eigenvalue weighted by atomic mass is 10.0. The third kappa shape index (κ3) is 20.4. The smallest absolute Gasteiger partial charge is 0.265 e. The van der Waals surface area contributed by atoms with Crippen LogP contribution in [0, 0.1) is 0 Å². The van der Waals surface area contributed by atoms with Crippen LogP contribution in [0.15, 0.2) is 0 Å². The van der Waals surface area contributed by atoms with Gasteiger partial charge in [0.25, 0.3) is 7.82 Å². The van der Waals surface area contributed by atoms with Crippen molar-refractivity contribution >= 4 is 7.82 Å². The van der Waals surface area contributed by atoms with Gasteiger partial charge in [-0.3, -0.25) is 4.57 Å². The van der Waals surface area contributed by atoms with Crippen LogP contribution in [-0.2, 0) is 9.09 Å². The Morgan fingerprint density at radius 2 is 1.23 bits per heavy atom. The van der Waals surface area contributed by atoms with Gasteiger partial charge in [0.15, 0.2) is 0 Å². The number of unbranched alkanes of at least 4 members (excludes halogenated alkanes) is 12. The highest BCUT2D eigenvalue weighted by Gasteiger charge is 2.22. The van der Waals surface area contributed by atoms with E-state index in [1.54, 1.807) is 0 Å². The van der Waals surface area contributed by atoms with Crippen LogP contribution in [0.4, 0.5) is 0 Å². The van der Waals surface area contributed by atoms with Gasteiger partial charge in [0.1, 0.15) is 12.6 Å². The summed E-state index contributed by atoms with van der Waals surface area (Å²) in [6, 6.07) is 0. The molecule has 0 aliphatic heterocycles. The minimum absolute atomic E-state index is 0.434. The number of nitrogens with zero attached hydrogens (tertiary/aromatic N) is 1. The van der Waals surface area contributed by atoms with E-state index in [-0.39, 0.29) is 0 Å². The lowest BCUT2D eigenvalue weighted by Gasteiger charge is -2.31. The first kappa shape index (κ1) is 26.1. The van der Waals surface area contributed by atoms with Gasteiger partial charge in [-0.05, 0) is 6.42 Å². The van der Waals surface area contributed by atoms with Gasteiger partial charge in [-0.25, -0.2) is 0 Å². The molecule has 0 aromatic heterocycles. The van der Waals surface area contributed by atoms with Gasteiger partial charge in [0.05, 0.1) is 21.1 Å². The van der Waals surface area contributed by atoms with E-state index in [1.807, 2.05) is 21.1 Å². The van der Waals surface area contributed by atoms with Crippen LogP contribution < -0.4 is 4.89 Å². The van der Waals surface area contributed by atoms with Crippen molar-refractivity contribution in [3.05, 3.63) is 0 Å². The monoisotopic (exact) mass is 393 g/mol. The largest absolute Gasteiger partial charge is 0.756 e. The van der Waals surface area contributed by atoms with E-state index in [1.165, 1.54) is 70.6 Å². The van der Waals surface area contributed by atoms with E-state index in [2.05, 4.69) is 6.92 Å². The number of rotatable bonds is 18. The molecule has 0 aliphatic rings. The van der Waals surface area contributed by atoms with Crippen LogP contribution in [0.25, 0.3) is 0 Å². The van der Waals surface area contributed by atoms with Crippen LogP contribution >= 0.6 is 7.82 Å². The molecule has 0 heterocycles. The Kier molecular flexibility index (Phi) is 15.1. The summed E-state index contributed by atoms with van der Waals surface area (Å²) in [6.45, 7) is 2.83. The molecular weight excluding hydrogens is 349 g/mol. The molecule has 0 rings (SSSR count). The molecular formula is C20H44NO4P. The Labute approximate surface area is 162 Å². The van der Waals surface area contributed by atoms with Gasteiger partial charge in [0, 0.05) is 0 Å². The molecule has 0 radical (unpaired) electrons. The van der Waals surface area contributed by atoms with Crippen LogP contribution in [-0.4, -0.2) is 43.2 Å². The molecule has 0 bridgehead atoms. The summed E-state index contributed by atoms with van der Waals surface area (Å²) in [6.07, 6.45) is 17.0. The average molecular weight is 394 g/mol. The topological polar surface area (TPSA) is 69.6 Å². The maximum absolute atomic E-state index is 11.0. The second-order valence-electron chi connectivity index (χ2n) is 8.70. The molecule has 5 nitrogen and oxygen atoms in total. The molecule has 0 fully saturated rings. The molecule has 0 amide bonds. The molecule has 0 aromatic rings. The van der Waals surface area contributed by atoms with Gasteiger partial charge in [0.2, 0.25) is 0 Å². The Bertz CT molecular complexity index is 365. The molecule has 1 N–H and O–H groups in total. The predicted molar refractivity (Wildman–Crippen MR) is 108 cm³/mol. The first-order valence-corrected chi connectivity index (χ1v) is 12.2. The van der Waals surface area contributed by atoms with Gasteiger partial charge in [-0.1, -0.05) is 90.4 Å². The van der Waals surface area contributed by atoms with Crippen molar-refractivity contribution < 1.29 is 23.4 Å². The van der Waals surface area contributed by atoms with Gasteiger partial charge in [-0.15, -0.1) is 0 Å². The lowest BCUT2D eigenvalue weighted by Crippen LogP contribution is -2.42. The quantitative estimate of drug-likeness (QED) is 0.202. The fourth-order valence-corrected chi connectivity index (χ4v) is 3.92. The number of phosphoric acid groups is 1. The fraction of sp³-hybridized carbons (Fsp3) is 1.00. The summed E-state index contributed by atoms with van der Waals surface area (Å²) in [4.78, 5) is 20.0. The maximum Gasteiger partial charge on any atom is 0.265 e. The zero-order chi connectivity index (χ0) is 19.9. The minimum Gasteiger partial charge on any atom is -0.756 e. The van der Waals surface area contributed by atoms with Gasteiger partial charge in [-0.2, -0.15) is 0 Å². The Balaban J connectivity index is 3.62. The first-order valence-electron chi connectivity index (χ1n) is 10.7. The highest BCUT2D eigenvalue weighted by molar-refractivity contribution is 7.44. The van der Waals surface area contributed by atoms with E-state index in [0.29, 0.717) is 17.4 Å². The molecule has 0 spiro atoms. The van der Waals surface area contributed by atoms with Gasteiger partial charge < -0.3 is 18.8 Å². The number of hydrogen-bond donors (Lipinski definition) is 1. The highest BCUT2D eigenvalue weighted by Crippen LogP contribution is 2.34. The standard InChI is InChI=1S/C20H44NO4P/c1-5-6-7-8-9-10-11-12-13-14-15-16-17-18-20(19-21(2,3)4)25-26(22,23)24/h20H,5-19H2,1-4H3,(H-,22,23,24). The normalized spacial score (nSPS) is 15.8. The molecule has 2 unspecified atom stereocenters. The number of likely N-dealkylation sites (N-methyl/N-ethyl adjacent to an activating group) is 1. The molecule has 2 atom stereocenters. The van der Waals surface area contributed by atoms with Crippen molar-refractivity contribution in [2.45, 2.75) is 103 Å². The number of hydrogen-bond acceptors (Lipinski definition) is 3. The summed E-state index contributed by atoms with van der Waals surface area (Å²) in [5, 5.41) is 0. The maximum atomic E-state index is 11.0. The molecule has 158 valence electrons. The van der Waals surface area contributed by atoms with Crippen LogP contribution in [0.2, 0.25) is 0 Å². The number of quaternary nitrogens is 1. The summed E-state index contributed by atoms with van der Waals surface area (Å²) >= 11 is 0. The third-order valence-corrected chi connectivity index (χ3v) is 5.23. The molecule has 0 aliphatic carbocycles. The van der Waals surface area contributed by atoms with Crippen molar-refractivity contribution in [1.82, 2.24) is 0 Å². The van der Waals surface area contributed by atoms with Crippen molar-refractivity contribution in [2.75, 3.05) is 27.7 Å². The fourth-order valence-electron chi connectivity index (χ4n) is 3.37. The van der Waals surface area contributed by atoms with Crippen LogP contribution in [0.1, 0.15) is 96.8 Å². The Morgan fingerprint density at radius 1 is 0.846 bits per heavy atom. The molecule has 0 aromatic carbocycles. The minimum atomic E-state index is -4.65. The molecule has 6 heteroatoms. The first-order chi connectivity index (χ1) is 12.1. The molecule has 0 saturated heterocycles. The second kappa shape index (κ2) is 15.0. The predicted octanol–water partition coefficient (Wildman–Crippen LogP) is 5.02. The zero-order valence-electron chi connectivity index (χ0n) is 17.8. The SMILES string of the molecule is CCCCCCCCCCCCCCCC(C[N+](C)(C)C)OP(=O)([O-])O. The average Bonchev–Trinajstić information content (AvgIpc) is 2.48. The Hall–Kier alpha value is 0.0700. The van der Waals surface area contributed by atoms with E-state index in [4.69, 9.17) is 9.42 Å². The molecule has 0 saturated carbocycles. The van der Waals surface area contributed by atoms with E-state index in [9.17, 15) is 9.46 Å². The van der Waals surface area contributed by atoms with Crippen molar-refractivity contribution in [3.63, 3.8) is 0 Å². The third-order valence-electron chi connectivity index (χ3n) is 4.66. The highest BCUT2D eigenvalue weighted by atomic mass is 31.2. The Morgan fingerprint density at radius 3 is 1.58 bits per heavy atom. The molecule has 26 heavy (non-hydrogen) atoms.